The van der Waals surface area contributed by atoms with Gasteiger partial charge in [-0.1, -0.05) is 6.07 Å². The molecule has 2 rings (SSSR count). The number of hydrogen-bond donors (Lipinski definition) is 2. The average molecular weight is 252 g/mol. The molecule has 0 saturated heterocycles. The van der Waals surface area contributed by atoms with Crippen molar-refractivity contribution in [2.75, 3.05) is 7.11 Å². The zero-order valence-corrected chi connectivity index (χ0v) is 10.1. The molecule has 5 nitrogen and oxygen atoms in total. The molecule has 2 N–H and O–H groups in total. The van der Waals surface area contributed by atoms with Crippen LogP contribution in [0.5, 0.6) is 11.5 Å². The normalized spacial score (nSPS) is 16.8. The average Bonchev–Trinajstić information content (AvgIpc) is 2.32. The predicted molar refractivity (Wildman–Crippen MR) is 63.9 cm³/mol. The van der Waals surface area contributed by atoms with E-state index in [1.807, 2.05) is 0 Å². The minimum Gasteiger partial charge on any atom is -0.493 e. The van der Waals surface area contributed by atoms with Gasteiger partial charge in [0.2, 0.25) is 0 Å². The molecule has 0 spiro atoms. The third kappa shape index (κ3) is 2.56. The van der Waals surface area contributed by atoms with E-state index in [-0.39, 0.29) is 11.7 Å². The molecular weight excluding hydrogens is 236 g/mol. The first-order chi connectivity index (χ1) is 8.61. The molecular formula is C13H16O5. The zero-order chi connectivity index (χ0) is 13.1. The van der Waals surface area contributed by atoms with Crippen molar-refractivity contribution in [2.45, 2.75) is 31.5 Å². The fourth-order valence-corrected chi connectivity index (χ4v) is 1.77. The number of benzene rings is 1. The van der Waals surface area contributed by atoms with E-state index < -0.39 is 12.1 Å². The van der Waals surface area contributed by atoms with E-state index in [4.69, 9.17) is 14.6 Å². The molecule has 1 aromatic carbocycles. The van der Waals surface area contributed by atoms with Gasteiger partial charge in [-0.15, -0.1) is 0 Å². The molecule has 5 heteroatoms. The quantitative estimate of drug-likeness (QED) is 0.834. The van der Waals surface area contributed by atoms with Gasteiger partial charge in [-0.05, 0) is 37.0 Å². The number of hydrogen-bond acceptors (Lipinski definition) is 4. The molecule has 1 aromatic rings. The number of methoxy groups -OCH3 is 1. The third-order valence-electron chi connectivity index (χ3n) is 3.08. The molecule has 1 fully saturated rings. The Morgan fingerprint density at radius 1 is 1.39 bits per heavy atom. The van der Waals surface area contributed by atoms with Crippen molar-refractivity contribution in [1.29, 1.82) is 0 Å². The Bertz CT molecular complexity index is 439. The summed E-state index contributed by atoms with van der Waals surface area (Å²) in [5.74, 6) is -0.252. The van der Waals surface area contributed by atoms with E-state index in [1.54, 1.807) is 6.07 Å². The molecule has 1 aliphatic carbocycles. The molecule has 0 heterocycles. The van der Waals surface area contributed by atoms with Gasteiger partial charge in [-0.2, -0.15) is 0 Å². The van der Waals surface area contributed by atoms with Crippen LogP contribution in [0.15, 0.2) is 18.2 Å². The lowest BCUT2D eigenvalue weighted by Gasteiger charge is -2.27. The molecule has 1 aliphatic rings. The summed E-state index contributed by atoms with van der Waals surface area (Å²) in [5, 5.41) is 18.3. The minimum atomic E-state index is -1.54. The summed E-state index contributed by atoms with van der Waals surface area (Å²) in [6, 6.07) is 4.65. The Balaban J connectivity index is 2.23. The number of ether oxygens (including phenoxy) is 2. The van der Waals surface area contributed by atoms with E-state index in [0.29, 0.717) is 11.5 Å². The van der Waals surface area contributed by atoms with E-state index in [9.17, 15) is 9.90 Å². The Labute approximate surface area is 105 Å². The van der Waals surface area contributed by atoms with Gasteiger partial charge in [0.05, 0.1) is 13.2 Å². The Hall–Kier alpha value is -1.75. The maximum atomic E-state index is 10.7. The molecule has 0 radical (unpaired) electrons. The van der Waals surface area contributed by atoms with Gasteiger partial charge >= 0.3 is 5.97 Å². The number of carboxylic acids is 1. The van der Waals surface area contributed by atoms with E-state index in [0.717, 1.165) is 19.3 Å². The van der Waals surface area contributed by atoms with Gasteiger partial charge in [0, 0.05) is 0 Å². The van der Waals surface area contributed by atoms with Crippen LogP contribution in [0.4, 0.5) is 0 Å². The summed E-state index contributed by atoms with van der Waals surface area (Å²) in [6.45, 7) is 0. The first kappa shape index (κ1) is 12.7. The number of aliphatic hydroxyl groups excluding tert-OH is 1. The largest absolute Gasteiger partial charge is 0.493 e. The number of aliphatic hydroxyl groups is 1. The first-order valence-corrected chi connectivity index (χ1v) is 5.87. The van der Waals surface area contributed by atoms with Crippen LogP contribution < -0.4 is 9.47 Å². The van der Waals surface area contributed by atoms with Gasteiger partial charge in [-0.3, -0.25) is 0 Å². The van der Waals surface area contributed by atoms with E-state index >= 15 is 0 Å². The molecule has 18 heavy (non-hydrogen) atoms. The highest BCUT2D eigenvalue weighted by Gasteiger charge is 2.23. The summed E-state index contributed by atoms with van der Waals surface area (Å²) >= 11 is 0. The van der Waals surface area contributed by atoms with Gasteiger partial charge in [0.25, 0.3) is 0 Å². The summed E-state index contributed by atoms with van der Waals surface area (Å²) in [5.41, 5.74) is 0.289. The zero-order valence-electron chi connectivity index (χ0n) is 10.1. The summed E-state index contributed by atoms with van der Waals surface area (Å²) in [4.78, 5) is 10.7. The van der Waals surface area contributed by atoms with Gasteiger partial charge in [0.1, 0.15) is 0 Å². The molecule has 1 saturated carbocycles. The Morgan fingerprint density at radius 2 is 2.11 bits per heavy atom. The van der Waals surface area contributed by atoms with Crippen LogP contribution >= 0.6 is 0 Å². The predicted octanol–water partition coefficient (Wildman–Crippen LogP) is 1.74. The fourth-order valence-electron chi connectivity index (χ4n) is 1.77. The first-order valence-electron chi connectivity index (χ1n) is 5.87. The van der Waals surface area contributed by atoms with Crippen LogP contribution in [-0.4, -0.2) is 29.4 Å². The van der Waals surface area contributed by atoms with Crippen molar-refractivity contribution in [3.8, 4) is 11.5 Å². The smallest absolute Gasteiger partial charge is 0.337 e. The third-order valence-corrected chi connectivity index (χ3v) is 3.08. The van der Waals surface area contributed by atoms with Gasteiger partial charge in [0.15, 0.2) is 17.6 Å². The standard InChI is InChI=1S/C13H16O5/c1-17-10-6-5-8(12(14)13(15)16)7-11(10)18-9-3-2-4-9/h5-7,9,12,14H,2-4H2,1H3,(H,15,16). The van der Waals surface area contributed by atoms with Crippen LogP contribution in [0.25, 0.3) is 0 Å². The second-order valence-corrected chi connectivity index (χ2v) is 4.32. The molecule has 0 amide bonds. The van der Waals surface area contributed by atoms with Gasteiger partial charge < -0.3 is 19.7 Å². The number of carbonyl (C=O) groups is 1. The topological polar surface area (TPSA) is 76.0 Å². The number of aliphatic carboxylic acids is 1. The second kappa shape index (κ2) is 5.27. The van der Waals surface area contributed by atoms with Crippen molar-refractivity contribution in [3.05, 3.63) is 23.8 Å². The molecule has 0 bridgehead atoms. The summed E-state index contributed by atoms with van der Waals surface area (Å²) in [7, 11) is 1.52. The summed E-state index contributed by atoms with van der Waals surface area (Å²) in [6.07, 6.45) is 1.75. The van der Waals surface area contributed by atoms with E-state index in [2.05, 4.69) is 0 Å². The van der Waals surface area contributed by atoms with Crippen molar-refractivity contribution in [3.63, 3.8) is 0 Å². The highest BCUT2D eigenvalue weighted by Crippen LogP contribution is 2.34. The molecule has 0 aliphatic heterocycles. The van der Waals surface area contributed by atoms with Crippen molar-refractivity contribution in [2.24, 2.45) is 0 Å². The number of rotatable bonds is 5. The molecule has 98 valence electrons. The Kier molecular flexibility index (Phi) is 3.72. The highest BCUT2D eigenvalue weighted by molar-refractivity contribution is 5.74. The maximum Gasteiger partial charge on any atom is 0.337 e. The monoisotopic (exact) mass is 252 g/mol. The van der Waals surface area contributed by atoms with E-state index in [1.165, 1.54) is 19.2 Å². The maximum absolute atomic E-state index is 10.7. The minimum absolute atomic E-state index is 0.163. The molecule has 1 atom stereocenters. The molecule has 0 aromatic heterocycles. The SMILES string of the molecule is COc1ccc(C(O)C(=O)O)cc1OC1CCC1. The fraction of sp³-hybridized carbons (Fsp3) is 0.462. The van der Waals surface area contributed by atoms with Crippen LogP contribution in [0.3, 0.4) is 0 Å². The van der Waals surface area contributed by atoms with Crippen LogP contribution in [0, 0.1) is 0 Å². The van der Waals surface area contributed by atoms with Crippen LogP contribution in [0.2, 0.25) is 0 Å². The Morgan fingerprint density at radius 3 is 2.61 bits per heavy atom. The lowest BCUT2D eigenvalue weighted by Crippen LogP contribution is -2.25. The van der Waals surface area contributed by atoms with Crippen LogP contribution in [0.1, 0.15) is 30.9 Å². The van der Waals surface area contributed by atoms with Crippen molar-refractivity contribution < 1.29 is 24.5 Å². The second-order valence-electron chi connectivity index (χ2n) is 4.32. The highest BCUT2D eigenvalue weighted by atomic mass is 16.5. The van der Waals surface area contributed by atoms with Gasteiger partial charge in [-0.25, -0.2) is 4.79 Å². The van der Waals surface area contributed by atoms with Crippen molar-refractivity contribution >= 4 is 5.97 Å². The lowest BCUT2D eigenvalue weighted by atomic mass is 9.96. The van der Waals surface area contributed by atoms with Crippen molar-refractivity contribution in [1.82, 2.24) is 0 Å². The summed E-state index contributed by atoms with van der Waals surface area (Å²) < 4.78 is 10.9. The van der Waals surface area contributed by atoms with Crippen LogP contribution in [-0.2, 0) is 4.79 Å². The molecule has 1 unspecified atom stereocenters. The lowest BCUT2D eigenvalue weighted by molar-refractivity contribution is -0.146. The number of carboxylic acid groups (broad SMARTS) is 1.